The molecule has 1 aliphatic carbocycles. The van der Waals surface area contributed by atoms with Crippen molar-refractivity contribution < 1.29 is 4.74 Å². The van der Waals surface area contributed by atoms with Crippen molar-refractivity contribution in [3.05, 3.63) is 98.9 Å². The summed E-state index contributed by atoms with van der Waals surface area (Å²) in [5.41, 5.74) is 4.52. The van der Waals surface area contributed by atoms with Gasteiger partial charge in [0.05, 0.1) is 13.2 Å². The molecule has 7 nitrogen and oxygen atoms in total. The topological polar surface area (TPSA) is 62.1 Å². The minimum Gasteiger partial charge on any atom is -0.494 e. The lowest BCUT2D eigenvalue weighted by Gasteiger charge is -2.36. The van der Waals surface area contributed by atoms with Crippen molar-refractivity contribution in [1.29, 1.82) is 0 Å². The second-order valence-corrected chi connectivity index (χ2v) is 10.1. The summed E-state index contributed by atoms with van der Waals surface area (Å²) in [6.45, 7) is 7.21. The monoisotopic (exact) mass is 495 g/mol. The van der Waals surface area contributed by atoms with E-state index in [9.17, 15) is 4.79 Å². The molecule has 1 N–H and O–H groups in total. The highest BCUT2D eigenvalue weighted by molar-refractivity contribution is 5.62. The van der Waals surface area contributed by atoms with Gasteiger partial charge in [-0.25, -0.2) is 4.99 Å². The molecule has 7 rings (SSSR count). The van der Waals surface area contributed by atoms with E-state index >= 15 is 0 Å². The highest BCUT2D eigenvalue weighted by Crippen LogP contribution is 2.36. The Labute approximate surface area is 217 Å². The summed E-state index contributed by atoms with van der Waals surface area (Å²) in [6.07, 6.45) is 5.10. The second kappa shape index (κ2) is 9.56. The first-order chi connectivity index (χ1) is 18.0. The number of aromatic nitrogens is 1. The SMILES string of the molecule is CCOc1ccccc1Cn1c(=O)ccc2c1=NC1(Nc3ccc(N4CCN(C)CC4)cc3)C=C(C=2)C1. The van der Waals surface area contributed by atoms with Crippen LogP contribution in [0, 0.1) is 0 Å². The maximum absolute atomic E-state index is 13.1. The van der Waals surface area contributed by atoms with Gasteiger partial charge in [-0.05, 0) is 68.1 Å². The minimum atomic E-state index is -0.568. The van der Waals surface area contributed by atoms with Crippen LogP contribution in [0.3, 0.4) is 0 Å². The predicted molar refractivity (Wildman–Crippen MR) is 148 cm³/mol. The highest BCUT2D eigenvalue weighted by atomic mass is 16.5. The Morgan fingerprint density at radius 2 is 1.76 bits per heavy atom. The second-order valence-electron chi connectivity index (χ2n) is 10.1. The zero-order valence-electron chi connectivity index (χ0n) is 21.5. The van der Waals surface area contributed by atoms with E-state index in [0.29, 0.717) is 18.6 Å². The molecule has 4 heterocycles. The van der Waals surface area contributed by atoms with Crippen LogP contribution in [-0.2, 0) is 6.54 Å². The first-order valence-electron chi connectivity index (χ1n) is 13.1. The summed E-state index contributed by atoms with van der Waals surface area (Å²) in [5.74, 6) is 0.797. The fourth-order valence-corrected chi connectivity index (χ4v) is 5.40. The summed E-state index contributed by atoms with van der Waals surface area (Å²) < 4.78 is 7.59. The zero-order chi connectivity index (χ0) is 25.4. The molecule has 2 aromatic carbocycles. The van der Waals surface area contributed by atoms with E-state index in [1.54, 1.807) is 10.6 Å². The number of nitrogens with one attached hydrogen (secondary N) is 1. The fraction of sp³-hybridized carbons (Fsp3) is 0.333. The van der Waals surface area contributed by atoms with E-state index in [2.05, 4.69) is 58.6 Å². The number of benzene rings is 2. The third-order valence-corrected chi connectivity index (χ3v) is 7.43. The van der Waals surface area contributed by atoms with Crippen LogP contribution < -0.4 is 31.2 Å². The lowest BCUT2D eigenvalue weighted by molar-refractivity contribution is 0.313. The molecule has 1 unspecified atom stereocenters. The Hall–Kier alpha value is -3.84. The van der Waals surface area contributed by atoms with Gasteiger partial charge in [0.15, 0.2) is 5.66 Å². The summed E-state index contributed by atoms with van der Waals surface area (Å²) >= 11 is 0. The van der Waals surface area contributed by atoms with Gasteiger partial charge >= 0.3 is 0 Å². The number of hydrogen-bond acceptors (Lipinski definition) is 6. The van der Waals surface area contributed by atoms with Gasteiger partial charge in [-0.15, -0.1) is 0 Å². The summed E-state index contributed by atoms with van der Waals surface area (Å²) in [7, 11) is 2.17. The van der Waals surface area contributed by atoms with Crippen LogP contribution >= 0.6 is 0 Å². The number of likely N-dealkylation sites (N-methyl/N-ethyl adjacent to an activating group) is 1. The summed E-state index contributed by atoms with van der Waals surface area (Å²) in [4.78, 5) is 23.0. The van der Waals surface area contributed by atoms with E-state index in [1.165, 1.54) is 11.3 Å². The van der Waals surface area contributed by atoms with E-state index in [4.69, 9.17) is 9.73 Å². The van der Waals surface area contributed by atoms with Gasteiger partial charge in [-0.3, -0.25) is 9.36 Å². The van der Waals surface area contributed by atoms with Crippen molar-refractivity contribution in [2.45, 2.75) is 25.6 Å². The fourth-order valence-electron chi connectivity index (χ4n) is 5.40. The molecular weight excluding hydrogens is 462 g/mol. The molecule has 1 saturated heterocycles. The Balaban J connectivity index is 1.31. The van der Waals surface area contributed by atoms with Gasteiger partial charge < -0.3 is 19.9 Å². The lowest BCUT2D eigenvalue weighted by Crippen LogP contribution is -2.47. The van der Waals surface area contributed by atoms with Crippen LogP contribution in [-0.4, -0.2) is 55.0 Å². The van der Waals surface area contributed by atoms with Gasteiger partial charge in [0.2, 0.25) is 0 Å². The van der Waals surface area contributed by atoms with Crippen LogP contribution in [0.2, 0.25) is 0 Å². The molecule has 1 aromatic heterocycles. The lowest BCUT2D eigenvalue weighted by atomic mass is 9.86. The number of pyridine rings is 1. The van der Waals surface area contributed by atoms with Crippen molar-refractivity contribution in [3.63, 3.8) is 0 Å². The van der Waals surface area contributed by atoms with Crippen LogP contribution in [0.1, 0.15) is 18.9 Å². The predicted octanol–water partition coefficient (Wildman–Crippen LogP) is 2.60. The number of para-hydroxylation sites is 1. The van der Waals surface area contributed by atoms with Crippen LogP contribution in [0.15, 0.2) is 82.1 Å². The van der Waals surface area contributed by atoms with Gasteiger partial charge in [0, 0.05) is 60.8 Å². The van der Waals surface area contributed by atoms with Crippen molar-refractivity contribution in [2.24, 2.45) is 4.99 Å². The average molecular weight is 496 g/mol. The smallest absolute Gasteiger partial charge is 0.252 e. The first kappa shape index (κ1) is 23.6. The van der Waals surface area contributed by atoms with Crippen LogP contribution in [0.25, 0.3) is 6.08 Å². The van der Waals surface area contributed by atoms with Crippen LogP contribution in [0.4, 0.5) is 11.4 Å². The number of piperazine rings is 1. The molecular formula is C30H33N5O2. The van der Waals surface area contributed by atoms with Crippen molar-refractivity contribution in [2.75, 3.05) is 50.1 Å². The maximum Gasteiger partial charge on any atom is 0.252 e. The van der Waals surface area contributed by atoms with E-state index < -0.39 is 5.66 Å². The van der Waals surface area contributed by atoms with Gasteiger partial charge in [0.1, 0.15) is 11.2 Å². The third kappa shape index (κ3) is 4.67. The molecule has 190 valence electrons. The third-order valence-electron chi connectivity index (χ3n) is 7.43. The minimum absolute atomic E-state index is 0.0713. The van der Waals surface area contributed by atoms with Gasteiger partial charge in [-0.2, -0.15) is 0 Å². The molecule has 0 radical (unpaired) electrons. The number of hydrogen-bond donors (Lipinski definition) is 1. The molecule has 1 atom stereocenters. The molecule has 0 spiro atoms. The number of rotatable bonds is 7. The molecule has 3 aromatic rings. The first-order valence-corrected chi connectivity index (χ1v) is 13.1. The molecule has 4 aliphatic rings. The summed E-state index contributed by atoms with van der Waals surface area (Å²) in [5, 5.41) is 4.62. The number of ether oxygens (including phenoxy) is 1. The van der Waals surface area contributed by atoms with Gasteiger partial charge in [0.25, 0.3) is 5.56 Å². The quantitative estimate of drug-likeness (QED) is 0.546. The Morgan fingerprint density at radius 3 is 2.51 bits per heavy atom. The van der Waals surface area contributed by atoms with Crippen LogP contribution in [0.5, 0.6) is 5.75 Å². The molecule has 0 amide bonds. The largest absolute Gasteiger partial charge is 0.494 e. The number of anilines is 2. The molecule has 37 heavy (non-hydrogen) atoms. The van der Waals surface area contributed by atoms with Gasteiger partial charge in [-0.1, -0.05) is 18.2 Å². The molecule has 0 saturated carbocycles. The Kier molecular flexibility index (Phi) is 6.08. The average Bonchev–Trinajstić information content (AvgIpc) is 3.14. The molecule has 1 fully saturated rings. The molecule has 2 bridgehead atoms. The summed E-state index contributed by atoms with van der Waals surface area (Å²) in [6, 6.07) is 20.0. The standard InChI is InChI=1S/C30H33N5O2/c1-3-37-27-7-5-4-6-24(27)21-35-28(36)13-8-23-18-22-19-30(20-22,32-29(23)35)31-25-9-11-26(12-10-25)34-16-14-33(2)15-17-34/h4-13,18-19,31H,3,14-17,20-21H2,1-2H3. The van der Waals surface area contributed by atoms with E-state index in [0.717, 1.165) is 54.8 Å². The van der Waals surface area contributed by atoms with E-state index in [1.807, 2.05) is 37.3 Å². The maximum atomic E-state index is 13.1. The zero-order valence-corrected chi connectivity index (χ0v) is 21.5. The van der Waals surface area contributed by atoms with Crippen molar-refractivity contribution in [3.8, 4) is 5.75 Å². The Morgan fingerprint density at radius 1 is 1.00 bits per heavy atom. The normalized spacial score (nSPS) is 20.5. The molecule has 3 aliphatic heterocycles. The van der Waals surface area contributed by atoms with E-state index in [-0.39, 0.29) is 5.56 Å². The Bertz CT molecular complexity index is 1520. The van der Waals surface area contributed by atoms with Crippen molar-refractivity contribution in [1.82, 2.24) is 9.47 Å². The number of nitrogens with zero attached hydrogens (tertiary/aromatic N) is 4. The highest BCUT2D eigenvalue weighted by Gasteiger charge is 2.37. The van der Waals surface area contributed by atoms with Crippen molar-refractivity contribution >= 4 is 17.5 Å². The molecule has 7 heteroatoms.